The third-order valence-corrected chi connectivity index (χ3v) is 3.31. The Hall–Kier alpha value is -1.55. The van der Waals surface area contributed by atoms with Crippen molar-refractivity contribution in [3.63, 3.8) is 0 Å². The molecule has 0 saturated heterocycles. The molecule has 1 aromatic rings. The van der Waals surface area contributed by atoms with E-state index >= 15 is 0 Å². The lowest BCUT2D eigenvalue weighted by Crippen LogP contribution is -2.41. The average molecular weight is 292 g/mol. The van der Waals surface area contributed by atoms with Gasteiger partial charge in [-0.05, 0) is 33.3 Å². The van der Waals surface area contributed by atoms with E-state index in [0.29, 0.717) is 0 Å². The van der Waals surface area contributed by atoms with Gasteiger partial charge in [0, 0.05) is 5.56 Å². The van der Waals surface area contributed by atoms with Gasteiger partial charge < -0.3 is 15.8 Å². The molecule has 0 aliphatic rings. The van der Waals surface area contributed by atoms with Gasteiger partial charge in [-0.15, -0.1) is 0 Å². The van der Waals surface area contributed by atoms with Crippen molar-refractivity contribution >= 4 is 5.91 Å². The van der Waals surface area contributed by atoms with Crippen LogP contribution in [0.4, 0.5) is 0 Å². The highest BCUT2D eigenvalue weighted by molar-refractivity contribution is 5.81. The number of nitrogens with one attached hydrogen (secondary N) is 1. The van der Waals surface area contributed by atoms with Crippen molar-refractivity contribution in [3.05, 3.63) is 29.8 Å². The van der Waals surface area contributed by atoms with Gasteiger partial charge in [0.05, 0.1) is 18.2 Å². The summed E-state index contributed by atoms with van der Waals surface area (Å²) < 4.78 is 5.79. The topological polar surface area (TPSA) is 64.4 Å². The zero-order valence-electron chi connectivity index (χ0n) is 13.6. The molecule has 0 aliphatic carbocycles. The number of ether oxygens (including phenoxy) is 1. The Morgan fingerprint density at radius 1 is 1.29 bits per heavy atom. The number of hydrogen-bond donors (Lipinski definition) is 2. The maximum atomic E-state index is 12.1. The van der Waals surface area contributed by atoms with Crippen molar-refractivity contribution in [1.29, 1.82) is 0 Å². The van der Waals surface area contributed by atoms with Crippen LogP contribution in [0.2, 0.25) is 0 Å². The molecule has 1 amide bonds. The van der Waals surface area contributed by atoms with Crippen molar-refractivity contribution in [1.82, 2.24) is 5.32 Å². The first-order valence-corrected chi connectivity index (χ1v) is 7.77. The van der Waals surface area contributed by atoms with Crippen molar-refractivity contribution < 1.29 is 9.53 Å². The molecular weight excluding hydrogens is 264 g/mol. The van der Waals surface area contributed by atoms with Crippen LogP contribution in [0, 0.1) is 0 Å². The van der Waals surface area contributed by atoms with Crippen LogP contribution in [0.3, 0.4) is 0 Å². The summed E-state index contributed by atoms with van der Waals surface area (Å²) in [7, 11) is 0. The Morgan fingerprint density at radius 2 is 1.95 bits per heavy atom. The zero-order chi connectivity index (χ0) is 15.8. The highest BCUT2D eigenvalue weighted by Crippen LogP contribution is 2.25. The zero-order valence-corrected chi connectivity index (χ0v) is 13.6. The highest BCUT2D eigenvalue weighted by Gasteiger charge is 2.18. The summed E-state index contributed by atoms with van der Waals surface area (Å²) in [5.74, 6) is 0.706. The smallest absolute Gasteiger partial charge is 0.237 e. The van der Waals surface area contributed by atoms with Crippen LogP contribution in [0.25, 0.3) is 0 Å². The first-order chi connectivity index (χ1) is 9.95. The van der Waals surface area contributed by atoms with E-state index in [-0.39, 0.29) is 18.1 Å². The summed E-state index contributed by atoms with van der Waals surface area (Å²) in [4.78, 5) is 12.1. The SMILES string of the molecule is CCCCC(N)C(=O)NC(C)c1ccccc1OC(C)C. The molecule has 21 heavy (non-hydrogen) atoms. The minimum Gasteiger partial charge on any atom is -0.491 e. The number of para-hydroxylation sites is 1. The molecule has 2 atom stereocenters. The van der Waals surface area contributed by atoms with E-state index in [1.807, 2.05) is 45.0 Å². The monoisotopic (exact) mass is 292 g/mol. The average Bonchev–Trinajstić information content (AvgIpc) is 2.44. The van der Waals surface area contributed by atoms with Crippen LogP contribution < -0.4 is 15.8 Å². The third kappa shape index (κ3) is 5.76. The Bertz CT molecular complexity index is 446. The molecule has 0 radical (unpaired) electrons. The number of benzene rings is 1. The van der Waals surface area contributed by atoms with Crippen molar-refractivity contribution in [2.45, 2.75) is 65.1 Å². The minimum absolute atomic E-state index is 0.0980. The molecule has 118 valence electrons. The van der Waals surface area contributed by atoms with E-state index in [2.05, 4.69) is 12.2 Å². The molecule has 0 bridgehead atoms. The Labute approximate surface area is 128 Å². The standard InChI is InChI=1S/C17H28N2O2/c1-5-6-10-15(18)17(20)19-13(4)14-9-7-8-11-16(14)21-12(2)3/h7-9,11-13,15H,5-6,10,18H2,1-4H3,(H,19,20). The molecule has 0 saturated carbocycles. The van der Waals surface area contributed by atoms with E-state index in [9.17, 15) is 4.79 Å². The number of carbonyl (C=O) groups is 1. The van der Waals surface area contributed by atoms with Crippen molar-refractivity contribution in [3.8, 4) is 5.75 Å². The first kappa shape index (κ1) is 17.5. The summed E-state index contributed by atoms with van der Waals surface area (Å²) in [6.07, 6.45) is 2.83. The largest absolute Gasteiger partial charge is 0.491 e. The molecular formula is C17H28N2O2. The molecule has 0 heterocycles. The third-order valence-electron chi connectivity index (χ3n) is 3.31. The second kappa shape index (κ2) is 8.67. The normalized spacial score (nSPS) is 13.8. The molecule has 4 heteroatoms. The Kier molecular flexibility index (Phi) is 7.23. The summed E-state index contributed by atoms with van der Waals surface area (Å²) in [5, 5.41) is 2.97. The van der Waals surface area contributed by atoms with Gasteiger partial charge in [0.25, 0.3) is 0 Å². The van der Waals surface area contributed by atoms with Crippen LogP contribution in [0.5, 0.6) is 5.75 Å². The second-order valence-corrected chi connectivity index (χ2v) is 5.68. The van der Waals surface area contributed by atoms with Gasteiger partial charge in [-0.25, -0.2) is 0 Å². The van der Waals surface area contributed by atoms with E-state index in [1.54, 1.807) is 0 Å². The quantitative estimate of drug-likeness (QED) is 0.773. The number of unbranched alkanes of at least 4 members (excludes halogenated alkanes) is 1. The molecule has 3 N–H and O–H groups in total. The van der Waals surface area contributed by atoms with Crippen LogP contribution in [0.1, 0.15) is 58.6 Å². The molecule has 4 nitrogen and oxygen atoms in total. The molecule has 0 fully saturated rings. The van der Waals surface area contributed by atoms with E-state index in [0.717, 1.165) is 30.6 Å². The lowest BCUT2D eigenvalue weighted by molar-refractivity contribution is -0.123. The van der Waals surface area contributed by atoms with E-state index < -0.39 is 6.04 Å². The number of nitrogens with two attached hydrogens (primary N) is 1. The van der Waals surface area contributed by atoms with Gasteiger partial charge in [-0.2, -0.15) is 0 Å². The fraction of sp³-hybridized carbons (Fsp3) is 0.588. The van der Waals surface area contributed by atoms with Crippen molar-refractivity contribution in [2.75, 3.05) is 0 Å². The Balaban J connectivity index is 2.70. The van der Waals surface area contributed by atoms with Crippen LogP contribution in [-0.4, -0.2) is 18.1 Å². The summed E-state index contributed by atoms with van der Waals surface area (Å²) in [5.41, 5.74) is 6.88. The molecule has 0 aliphatic heterocycles. The van der Waals surface area contributed by atoms with Crippen LogP contribution in [0.15, 0.2) is 24.3 Å². The molecule has 0 spiro atoms. The van der Waals surface area contributed by atoms with Crippen LogP contribution >= 0.6 is 0 Å². The number of amides is 1. The minimum atomic E-state index is -0.439. The number of hydrogen-bond acceptors (Lipinski definition) is 3. The molecule has 1 rings (SSSR count). The predicted molar refractivity (Wildman–Crippen MR) is 86.3 cm³/mol. The second-order valence-electron chi connectivity index (χ2n) is 5.68. The maximum Gasteiger partial charge on any atom is 0.237 e. The van der Waals surface area contributed by atoms with Gasteiger partial charge in [0.2, 0.25) is 5.91 Å². The van der Waals surface area contributed by atoms with Gasteiger partial charge in [0.1, 0.15) is 5.75 Å². The summed E-state index contributed by atoms with van der Waals surface area (Å²) in [6, 6.07) is 7.21. The maximum absolute atomic E-state index is 12.1. The number of carbonyl (C=O) groups excluding carboxylic acids is 1. The number of rotatable bonds is 8. The molecule has 1 aromatic carbocycles. The van der Waals surface area contributed by atoms with Crippen molar-refractivity contribution in [2.24, 2.45) is 5.73 Å². The van der Waals surface area contributed by atoms with Gasteiger partial charge in [-0.1, -0.05) is 38.0 Å². The molecule has 0 aromatic heterocycles. The summed E-state index contributed by atoms with van der Waals surface area (Å²) >= 11 is 0. The highest BCUT2D eigenvalue weighted by atomic mass is 16.5. The lowest BCUT2D eigenvalue weighted by atomic mass is 10.1. The Morgan fingerprint density at radius 3 is 2.57 bits per heavy atom. The fourth-order valence-corrected chi connectivity index (χ4v) is 2.15. The fourth-order valence-electron chi connectivity index (χ4n) is 2.15. The molecule has 2 unspecified atom stereocenters. The predicted octanol–water partition coefficient (Wildman–Crippen LogP) is 3.17. The van der Waals surface area contributed by atoms with Crippen LogP contribution in [-0.2, 0) is 4.79 Å². The lowest BCUT2D eigenvalue weighted by Gasteiger charge is -2.21. The van der Waals surface area contributed by atoms with E-state index in [4.69, 9.17) is 10.5 Å². The van der Waals surface area contributed by atoms with Gasteiger partial charge >= 0.3 is 0 Å². The first-order valence-electron chi connectivity index (χ1n) is 7.77. The van der Waals surface area contributed by atoms with Gasteiger partial charge in [0.15, 0.2) is 0 Å². The summed E-state index contributed by atoms with van der Waals surface area (Å²) in [6.45, 7) is 8.01. The van der Waals surface area contributed by atoms with E-state index in [1.165, 1.54) is 0 Å². The van der Waals surface area contributed by atoms with Gasteiger partial charge in [-0.3, -0.25) is 4.79 Å².